The van der Waals surface area contributed by atoms with Gasteiger partial charge in [-0.1, -0.05) is 20.8 Å². The number of hydrogen-bond donors (Lipinski definition) is 3. The molecule has 3 aliphatic carbocycles. The van der Waals surface area contributed by atoms with Gasteiger partial charge in [0, 0.05) is 36.2 Å². The highest BCUT2D eigenvalue weighted by atomic mass is 16.6. The molecule has 0 aromatic carbocycles. The van der Waals surface area contributed by atoms with Crippen LogP contribution in [0.25, 0.3) is 0 Å². The average Bonchev–Trinajstić information content (AvgIpc) is 2.63. The summed E-state index contributed by atoms with van der Waals surface area (Å²) in [7, 11) is 2.96. The van der Waals surface area contributed by atoms with Crippen molar-refractivity contribution in [3.8, 4) is 0 Å². The zero-order valence-corrected chi connectivity index (χ0v) is 18.1. The maximum absolute atomic E-state index is 13.6. The average molecular weight is 411 g/mol. The predicted molar refractivity (Wildman–Crippen MR) is 103 cm³/mol. The molecule has 0 amide bonds. The van der Waals surface area contributed by atoms with E-state index in [0.717, 1.165) is 0 Å². The van der Waals surface area contributed by atoms with Gasteiger partial charge in [-0.15, -0.1) is 0 Å². The van der Waals surface area contributed by atoms with E-state index in [0.29, 0.717) is 12.2 Å². The first-order valence-electron chi connectivity index (χ1n) is 10.5. The van der Waals surface area contributed by atoms with E-state index < -0.39 is 46.8 Å². The zero-order valence-electron chi connectivity index (χ0n) is 18.1. The fourth-order valence-corrected chi connectivity index (χ4v) is 7.77. The minimum absolute atomic E-state index is 0.0361. The molecular formula is C22H34O7. The molecule has 29 heavy (non-hydrogen) atoms. The molecule has 3 fully saturated rings. The third-order valence-electron chi connectivity index (χ3n) is 8.93. The predicted octanol–water partition coefficient (Wildman–Crippen LogP) is 1.25. The number of hydrogen-bond acceptors (Lipinski definition) is 7. The second-order valence-electron chi connectivity index (χ2n) is 10.1. The summed E-state index contributed by atoms with van der Waals surface area (Å²) < 4.78 is 17.0. The van der Waals surface area contributed by atoms with Crippen LogP contribution in [-0.4, -0.2) is 65.5 Å². The molecule has 1 saturated heterocycles. The van der Waals surface area contributed by atoms with Crippen LogP contribution in [-0.2, 0) is 19.0 Å². The van der Waals surface area contributed by atoms with Gasteiger partial charge in [0.2, 0.25) is 5.78 Å². The number of ether oxygens (including phenoxy) is 3. The Balaban J connectivity index is 1.95. The summed E-state index contributed by atoms with van der Waals surface area (Å²) in [4.78, 5) is 13.6. The van der Waals surface area contributed by atoms with Crippen LogP contribution >= 0.6 is 0 Å². The Morgan fingerprint density at radius 3 is 2.41 bits per heavy atom. The third kappa shape index (κ3) is 2.45. The summed E-state index contributed by atoms with van der Waals surface area (Å²) in [5.74, 6) is -0.764. The van der Waals surface area contributed by atoms with Crippen molar-refractivity contribution in [1.82, 2.24) is 0 Å². The molecule has 1 aliphatic heterocycles. The molecule has 3 unspecified atom stereocenters. The summed E-state index contributed by atoms with van der Waals surface area (Å²) in [5, 5.41) is 33.5. The molecule has 7 nitrogen and oxygen atoms in total. The van der Waals surface area contributed by atoms with Crippen molar-refractivity contribution in [3.63, 3.8) is 0 Å². The second kappa shape index (κ2) is 6.50. The number of aliphatic hydroxyl groups excluding tert-OH is 2. The molecule has 1 heterocycles. The van der Waals surface area contributed by atoms with Gasteiger partial charge in [-0.3, -0.25) is 4.79 Å². The van der Waals surface area contributed by atoms with E-state index >= 15 is 0 Å². The molecule has 0 radical (unpaired) electrons. The number of aliphatic hydroxyl groups is 3. The molecule has 0 aromatic rings. The van der Waals surface area contributed by atoms with Crippen molar-refractivity contribution < 1.29 is 34.3 Å². The summed E-state index contributed by atoms with van der Waals surface area (Å²) in [6.07, 6.45) is -0.691. The Kier molecular flexibility index (Phi) is 4.76. The fourth-order valence-electron chi connectivity index (χ4n) is 7.77. The first-order valence-corrected chi connectivity index (χ1v) is 10.5. The lowest BCUT2D eigenvalue weighted by Crippen LogP contribution is -2.78. The van der Waals surface area contributed by atoms with Crippen molar-refractivity contribution in [2.24, 2.45) is 34.5 Å². The molecule has 4 rings (SSSR count). The van der Waals surface area contributed by atoms with Gasteiger partial charge in [0.05, 0.1) is 24.9 Å². The van der Waals surface area contributed by atoms with Crippen molar-refractivity contribution >= 4 is 5.78 Å². The minimum atomic E-state index is -1.38. The molecule has 164 valence electrons. The van der Waals surface area contributed by atoms with E-state index in [1.807, 2.05) is 26.8 Å². The molecule has 7 heteroatoms. The van der Waals surface area contributed by atoms with Gasteiger partial charge in [0.15, 0.2) is 12.0 Å². The molecule has 2 saturated carbocycles. The van der Waals surface area contributed by atoms with E-state index in [9.17, 15) is 20.1 Å². The standard InChI is InChI=1S/C22H34O7/c1-10-7-12(27-5)18(25)20(2)11(10)8-14-21(3)13(9-15(23)29-14)22(4,26)19(28-6)16(24)17(20)21/h7,10-11,13-17,19,23-24,26H,8-9H2,1-6H3/t10-,11+,13-,14-,15?,16?,17?,19-,20+,21-,22+/m1/s1. The Morgan fingerprint density at radius 1 is 1.17 bits per heavy atom. The Labute approximate surface area is 172 Å². The molecule has 0 bridgehead atoms. The highest BCUT2D eigenvalue weighted by Gasteiger charge is 2.75. The van der Waals surface area contributed by atoms with Crippen LogP contribution in [0.1, 0.15) is 40.5 Å². The lowest BCUT2D eigenvalue weighted by Gasteiger charge is -2.70. The lowest BCUT2D eigenvalue weighted by atomic mass is 9.37. The van der Waals surface area contributed by atoms with Crippen LogP contribution in [0.15, 0.2) is 11.8 Å². The largest absolute Gasteiger partial charge is 0.493 e. The van der Waals surface area contributed by atoms with Crippen LogP contribution in [0.4, 0.5) is 0 Å². The quantitative estimate of drug-likeness (QED) is 0.629. The van der Waals surface area contributed by atoms with Gasteiger partial charge in [-0.2, -0.15) is 0 Å². The zero-order chi connectivity index (χ0) is 21.5. The molecule has 4 aliphatic rings. The van der Waals surface area contributed by atoms with Crippen molar-refractivity contribution in [2.75, 3.05) is 14.2 Å². The fraction of sp³-hybridized carbons (Fsp3) is 0.864. The van der Waals surface area contributed by atoms with E-state index in [2.05, 4.69) is 0 Å². The molecule has 0 spiro atoms. The summed E-state index contributed by atoms with van der Waals surface area (Å²) in [6, 6.07) is 0. The monoisotopic (exact) mass is 410 g/mol. The first-order chi connectivity index (χ1) is 13.4. The number of Topliss-reactive ketones (excluding diaryl/α,β-unsaturated/α-hetero) is 1. The maximum atomic E-state index is 13.6. The topological polar surface area (TPSA) is 105 Å². The van der Waals surface area contributed by atoms with Gasteiger partial charge in [0.1, 0.15) is 6.10 Å². The lowest BCUT2D eigenvalue weighted by molar-refractivity contribution is -0.354. The highest BCUT2D eigenvalue weighted by molar-refractivity contribution is 5.99. The number of ketones is 1. The van der Waals surface area contributed by atoms with Gasteiger partial charge >= 0.3 is 0 Å². The second-order valence-corrected chi connectivity index (χ2v) is 10.1. The maximum Gasteiger partial charge on any atom is 0.203 e. The van der Waals surface area contributed by atoms with Crippen molar-refractivity contribution in [2.45, 2.75) is 70.7 Å². The van der Waals surface area contributed by atoms with Crippen LogP contribution < -0.4 is 0 Å². The number of allylic oxidation sites excluding steroid dienone is 2. The SMILES string of the molecule is COC1=C[C@@H](C)[C@@H]2C[C@H]3OC(O)C[C@H]4[C@](C)(O)[C@H](OC)C(O)C([C@@]34C)[C@@]2(C)C1=O. The third-order valence-corrected chi connectivity index (χ3v) is 8.93. The highest BCUT2D eigenvalue weighted by Crippen LogP contribution is 2.69. The number of methoxy groups -OCH3 is 2. The Morgan fingerprint density at radius 2 is 1.83 bits per heavy atom. The van der Waals surface area contributed by atoms with E-state index in [4.69, 9.17) is 14.2 Å². The molecule has 11 atom stereocenters. The summed E-state index contributed by atoms with van der Waals surface area (Å²) in [5.41, 5.74) is -3.00. The van der Waals surface area contributed by atoms with E-state index in [1.54, 1.807) is 6.92 Å². The van der Waals surface area contributed by atoms with Gasteiger partial charge < -0.3 is 29.5 Å². The summed E-state index contributed by atoms with van der Waals surface area (Å²) >= 11 is 0. The minimum Gasteiger partial charge on any atom is -0.493 e. The number of fused-ring (bicyclic) bond motifs is 2. The van der Waals surface area contributed by atoms with E-state index in [1.165, 1.54) is 14.2 Å². The number of rotatable bonds is 2. The van der Waals surface area contributed by atoms with Crippen molar-refractivity contribution in [3.05, 3.63) is 11.8 Å². The van der Waals surface area contributed by atoms with Gasteiger partial charge in [-0.05, 0) is 31.3 Å². The van der Waals surface area contributed by atoms with Crippen LogP contribution in [0.3, 0.4) is 0 Å². The normalized spacial score (nSPS) is 56.9. The number of carbonyl (C=O) groups is 1. The molecular weight excluding hydrogens is 376 g/mol. The van der Waals surface area contributed by atoms with Gasteiger partial charge in [-0.25, -0.2) is 0 Å². The Bertz CT molecular complexity index is 733. The van der Waals surface area contributed by atoms with Crippen LogP contribution in [0, 0.1) is 34.5 Å². The van der Waals surface area contributed by atoms with E-state index in [-0.39, 0.29) is 30.1 Å². The molecule has 3 N–H and O–H groups in total. The first kappa shape index (κ1) is 21.2. The smallest absolute Gasteiger partial charge is 0.203 e. The summed E-state index contributed by atoms with van der Waals surface area (Å²) in [6.45, 7) is 7.62. The van der Waals surface area contributed by atoms with Gasteiger partial charge in [0.25, 0.3) is 0 Å². The Hall–Kier alpha value is -0.990. The van der Waals surface area contributed by atoms with Crippen LogP contribution in [0.5, 0.6) is 0 Å². The van der Waals surface area contributed by atoms with Crippen LogP contribution in [0.2, 0.25) is 0 Å². The molecule has 0 aromatic heterocycles. The van der Waals surface area contributed by atoms with Crippen molar-refractivity contribution in [1.29, 1.82) is 0 Å². The number of carbonyl (C=O) groups excluding carboxylic acids is 1.